The van der Waals surface area contributed by atoms with Crippen LogP contribution in [0.5, 0.6) is 5.75 Å². The zero-order valence-electron chi connectivity index (χ0n) is 11.3. The van der Waals surface area contributed by atoms with Gasteiger partial charge in [-0.1, -0.05) is 12.1 Å². The summed E-state index contributed by atoms with van der Waals surface area (Å²) >= 11 is 0. The van der Waals surface area contributed by atoms with Crippen LogP contribution in [0.2, 0.25) is 0 Å². The van der Waals surface area contributed by atoms with E-state index in [0.717, 1.165) is 5.56 Å². The molecule has 1 unspecified atom stereocenters. The third-order valence-electron chi connectivity index (χ3n) is 3.19. The number of carboxylic acids is 1. The number of hydrogen-bond donors (Lipinski definition) is 3. The number of benzene rings is 1. The van der Waals surface area contributed by atoms with Gasteiger partial charge in [0.2, 0.25) is 0 Å². The fourth-order valence-electron chi connectivity index (χ4n) is 1.69. The molecule has 0 fully saturated rings. The molecule has 0 radical (unpaired) electrons. The molecule has 1 rings (SSSR count). The highest BCUT2D eigenvalue weighted by Crippen LogP contribution is 2.16. The lowest BCUT2D eigenvalue weighted by Crippen LogP contribution is -2.47. The molecule has 0 saturated heterocycles. The predicted molar refractivity (Wildman–Crippen MR) is 72.2 cm³/mol. The van der Waals surface area contributed by atoms with E-state index in [1.165, 1.54) is 0 Å². The number of nitrogens with one attached hydrogen (secondary N) is 1. The van der Waals surface area contributed by atoms with Gasteiger partial charge in [-0.05, 0) is 44.5 Å². The Morgan fingerprint density at radius 2 is 2.21 bits per heavy atom. The first-order chi connectivity index (χ1) is 9.01. The molecule has 0 aliphatic heterocycles. The summed E-state index contributed by atoms with van der Waals surface area (Å²) in [5.74, 6) is -0.176. The molecular formula is C14H21NO4. The summed E-state index contributed by atoms with van der Waals surface area (Å²) in [5.41, 5.74) is -0.126. The van der Waals surface area contributed by atoms with Crippen molar-refractivity contribution in [1.29, 1.82) is 0 Å². The van der Waals surface area contributed by atoms with Crippen LogP contribution in [0.15, 0.2) is 24.3 Å². The van der Waals surface area contributed by atoms with Gasteiger partial charge in [0.25, 0.3) is 0 Å². The van der Waals surface area contributed by atoms with Crippen molar-refractivity contribution in [3.8, 4) is 5.75 Å². The van der Waals surface area contributed by atoms with Crippen LogP contribution < -0.4 is 10.1 Å². The molecule has 1 atom stereocenters. The molecule has 19 heavy (non-hydrogen) atoms. The summed E-state index contributed by atoms with van der Waals surface area (Å²) in [7, 11) is 1.64. The molecule has 0 bridgehead atoms. The Labute approximate surface area is 113 Å². The number of hydrogen-bond acceptors (Lipinski definition) is 4. The minimum Gasteiger partial charge on any atom is -0.494 e. The van der Waals surface area contributed by atoms with E-state index in [0.29, 0.717) is 25.2 Å². The summed E-state index contributed by atoms with van der Waals surface area (Å²) in [5, 5.41) is 20.9. The third kappa shape index (κ3) is 4.54. The largest absolute Gasteiger partial charge is 0.494 e. The maximum absolute atomic E-state index is 11.1. The Kier molecular flexibility index (Phi) is 5.79. The van der Waals surface area contributed by atoms with Gasteiger partial charge < -0.3 is 20.3 Å². The predicted octanol–water partition coefficient (Wildman–Crippen LogP) is 1.40. The number of ether oxygens (including phenoxy) is 1. The fraction of sp³-hybridized carbons (Fsp3) is 0.500. The lowest BCUT2D eigenvalue weighted by molar-refractivity contribution is -0.144. The second kappa shape index (κ2) is 7.11. The van der Waals surface area contributed by atoms with Crippen LogP contribution >= 0.6 is 0 Å². The van der Waals surface area contributed by atoms with Crippen LogP contribution in [0, 0.1) is 0 Å². The average molecular weight is 267 g/mol. The van der Waals surface area contributed by atoms with Gasteiger partial charge >= 0.3 is 5.97 Å². The molecular weight excluding hydrogens is 246 g/mol. The Balaban J connectivity index is 2.40. The van der Waals surface area contributed by atoms with Crippen molar-refractivity contribution < 1.29 is 19.7 Å². The van der Waals surface area contributed by atoms with Crippen LogP contribution in [0.1, 0.15) is 25.3 Å². The molecule has 0 aromatic heterocycles. The van der Waals surface area contributed by atoms with E-state index < -0.39 is 11.5 Å². The maximum Gasteiger partial charge on any atom is 0.323 e. The minimum absolute atomic E-state index is 0.0198. The zero-order chi connectivity index (χ0) is 14.3. The molecule has 1 aromatic rings. The van der Waals surface area contributed by atoms with Gasteiger partial charge in [0.1, 0.15) is 11.3 Å². The molecule has 0 aliphatic rings. The lowest BCUT2D eigenvalue weighted by atomic mass is 9.96. The number of rotatable bonds is 8. The quantitative estimate of drug-likeness (QED) is 0.620. The van der Waals surface area contributed by atoms with Gasteiger partial charge in [-0.25, -0.2) is 0 Å². The van der Waals surface area contributed by atoms with Gasteiger partial charge in [0, 0.05) is 0 Å². The lowest BCUT2D eigenvalue weighted by Gasteiger charge is -2.23. The van der Waals surface area contributed by atoms with E-state index >= 15 is 0 Å². The van der Waals surface area contributed by atoms with Crippen LogP contribution in [-0.2, 0) is 11.4 Å². The second-order valence-electron chi connectivity index (χ2n) is 4.64. The summed E-state index contributed by atoms with van der Waals surface area (Å²) in [6.45, 7) is 2.08. The second-order valence-corrected chi connectivity index (χ2v) is 4.64. The summed E-state index contributed by atoms with van der Waals surface area (Å²) in [4.78, 5) is 11.1. The van der Waals surface area contributed by atoms with Crippen LogP contribution in [0.3, 0.4) is 0 Å². The smallest absolute Gasteiger partial charge is 0.323 e. The minimum atomic E-state index is -0.920. The van der Waals surface area contributed by atoms with E-state index in [4.69, 9.17) is 14.9 Å². The Morgan fingerprint density at radius 1 is 1.47 bits per heavy atom. The topological polar surface area (TPSA) is 78.8 Å². The molecule has 3 N–H and O–H groups in total. The number of aliphatic hydroxyl groups is 1. The first-order valence-electron chi connectivity index (χ1n) is 6.27. The average Bonchev–Trinajstić information content (AvgIpc) is 2.43. The summed E-state index contributed by atoms with van der Waals surface area (Å²) < 4.78 is 5.54. The standard InChI is InChI=1S/C14H21NO4/c1-14(15-2,13(17)18)7-4-8-19-12-6-3-5-11(9-12)10-16/h3,5-6,9,15-16H,4,7-8,10H2,1-2H3,(H,17,18). The van der Waals surface area contributed by atoms with Gasteiger partial charge in [-0.3, -0.25) is 4.79 Å². The molecule has 5 heteroatoms. The highest BCUT2D eigenvalue weighted by molar-refractivity contribution is 5.78. The highest BCUT2D eigenvalue weighted by Gasteiger charge is 2.30. The normalized spacial score (nSPS) is 13.8. The van der Waals surface area contributed by atoms with Crippen molar-refractivity contribution in [2.45, 2.75) is 31.9 Å². The summed E-state index contributed by atoms with van der Waals surface area (Å²) in [6, 6.07) is 7.22. The van der Waals surface area contributed by atoms with Gasteiger partial charge in [-0.2, -0.15) is 0 Å². The van der Waals surface area contributed by atoms with Gasteiger partial charge in [0.05, 0.1) is 13.2 Å². The zero-order valence-corrected chi connectivity index (χ0v) is 11.3. The SMILES string of the molecule is CNC(C)(CCCOc1cccc(CO)c1)C(=O)O. The number of aliphatic hydroxyl groups excluding tert-OH is 1. The molecule has 106 valence electrons. The molecule has 0 spiro atoms. The van der Waals surface area contributed by atoms with E-state index in [9.17, 15) is 4.79 Å². The Hall–Kier alpha value is -1.59. The molecule has 0 aliphatic carbocycles. The fourth-order valence-corrected chi connectivity index (χ4v) is 1.69. The van der Waals surface area contributed by atoms with Crippen LogP contribution in [-0.4, -0.2) is 35.4 Å². The van der Waals surface area contributed by atoms with Gasteiger partial charge in [-0.15, -0.1) is 0 Å². The first-order valence-corrected chi connectivity index (χ1v) is 6.27. The Bertz CT molecular complexity index is 422. The van der Waals surface area contributed by atoms with Crippen molar-refractivity contribution >= 4 is 5.97 Å². The number of aliphatic carboxylic acids is 1. The number of carbonyl (C=O) groups is 1. The van der Waals surface area contributed by atoms with E-state index in [2.05, 4.69) is 5.32 Å². The molecule has 5 nitrogen and oxygen atoms in total. The molecule has 0 amide bonds. The first kappa shape index (κ1) is 15.5. The molecule has 0 heterocycles. The van der Waals surface area contributed by atoms with E-state index in [1.54, 1.807) is 20.0 Å². The molecule has 0 saturated carbocycles. The van der Waals surface area contributed by atoms with Crippen molar-refractivity contribution in [2.75, 3.05) is 13.7 Å². The monoisotopic (exact) mass is 267 g/mol. The van der Waals surface area contributed by atoms with E-state index in [1.807, 2.05) is 18.2 Å². The number of carboxylic acid groups (broad SMARTS) is 1. The van der Waals surface area contributed by atoms with Crippen LogP contribution in [0.25, 0.3) is 0 Å². The van der Waals surface area contributed by atoms with E-state index in [-0.39, 0.29) is 6.61 Å². The Morgan fingerprint density at radius 3 is 2.79 bits per heavy atom. The third-order valence-corrected chi connectivity index (χ3v) is 3.19. The molecule has 1 aromatic carbocycles. The van der Waals surface area contributed by atoms with Gasteiger partial charge in [0.15, 0.2) is 0 Å². The summed E-state index contributed by atoms with van der Waals surface area (Å²) in [6.07, 6.45) is 1.12. The van der Waals surface area contributed by atoms with Crippen molar-refractivity contribution in [3.05, 3.63) is 29.8 Å². The highest BCUT2D eigenvalue weighted by atomic mass is 16.5. The number of likely N-dealkylation sites (N-methyl/N-ethyl adjacent to an activating group) is 1. The maximum atomic E-state index is 11.1. The van der Waals surface area contributed by atoms with Crippen molar-refractivity contribution in [2.24, 2.45) is 0 Å². The van der Waals surface area contributed by atoms with Crippen LogP contribution in [0.4, 0.5) is 0 Å². The van der Waals surface area contributed by atoms with Crippen molar-refractivity contribution in [3.63, 3.8) is 0 Å². The van der Waals surface area contributed by atoms with Crippen molar-refractivity contribution in [1.82, 2.24) is 5.32 Å².